The van der Waals surface area contributed by atoms with Crippen LogP contribution in [0.2, 0.25) is 0 Å². The van der Waals surface area contributed by atoms with Crippen molar-refractivity contribution in [2.24, 2.45) is 0 Å². The van der Waals surface area contributed by atoms with Crippen LogP contribution in [0.25, 0.3) is 22.3 Å². The van der Waals surface area contributed by atoms with Crippen molar-refractivity contribution >= 4 is 52.1 Å². The number of carbonyl (C=O) groups is 5. The number of unbranched alkanes of at least 4 members (excludes halogenated alkanes) is 7. The number of nitrogens with two attached hydrogens (primary N) is 1. The lowest BCUT2D eigenvalue weighted by Crippen LogP contribution is -2.54. The van der Waals surface area contributed by atoms with Crippen LogP contribution in [-0.2, 0) is 14.4 Å². The molecule has 2 aromatic heterocycles. The number of aromatic nitrogens is 4. The Morgan fingerprint density at radius 2 is 1.56 bits per heavy atom. The van der Waals surface area contributed by atoms with E-state index in [1.165, 1.54) is 6.33 Å². The Morgan fingerprint density at radius 3 is 2.33 bits per heavy atom. The summed E-state index contributed by atoms with van der Waals surface area (Å²) in [5.41, 5.74) is 9.78. The van der Waals surface area contributed by atoms with E-state index in [0.29, 0.717) is 53.5 Å². The Balaban J connectivity index is 0.747. The van der Waals surface area contributed by atoms with Gasteiger partial charge in [-0.3, -0.25) is 34.2 Å². The first-order valence-corrected chi connectivity index (χ1v) is 21.4. The Labute approximate surface area is 354 Å². The van der Waals surface area contributed by atoms with E-state index in [9.17, 15) is 24.0 Å². The second-order valence-corrected chi connectivity index (χ2v) is 16.0. The zero-order chi connectivity index (χ0) is 42.3. The summed E-state index contributed by atoms with van der Waals surface area (Å²) in [5, 5.41) is 11.3. The number of nitrogens with zero attached hydrogens (tertiary/aromatic N) is 6. The van der Waals surface area contributed by atoms with Gasteiger partial charge in [0.1, 0.15) is 35.4 Å². The number of benzene rings is 3. The molecule has 5 amide bonds. The molecule has 0 saturated carbocycles. The first-order valence-electron chi connectivity index (χ1n) is 21.4. The number of imide groups is 2. The molecule has 2 atom stereocenters. The highest BCUT2D eigenvalue weighted by Gasteiger charge is 2.45. The Kier molecular flexibility index (Phi) is 12.6. The highest BCUT2D eigenvalue weighted by molar-refractivity contribution is 6.25. The van der Waals surface area contributed by atoms with Crippen LogP contribution in [0.5, 0.6) is 11.5 Å². The molecule has 0 radical (unpaired) electrons. The second-order valence-electron chi connectivity index (χ2n) is 16.0. The number of carbonyl (C=O) groups excluding carboxylic acids is 5. The highest BCUT2D eigenvalue weighted by Crippen LogP contribution is 2.36. The lowest BCUT2D eigenvalue weighted by Gasteiger charge is -2.33. The molecular formula is C46H51N9O6. The summed E-state index contributed by atoms with van der Waals surface area (Å²) in [6.45, 7) is 1.95. The summed E-state index contributed by atoms with van der Waals surface area (Å²) in [6, 6.07) is 21.5. The Hall–Kier alpha value is -6.64. The summed E-state index contributed by atoms with van der Waals surface area (Å²) in [6.07, 6.45) is 12.1. The first-order chi connectivity index (χ1) is 29.8. The van der Waals surface area contributed by atoms with Gasteiger partial charge in [0.25, 0.3) is 11.8 Å². The van der Waals surface area contributed by atoms with Crippen molar-refractivity contribution in [1.82, 2.24) is 34.9 Å². The van der Waals surface area contributed by atoms with E-state index in [0.717, 1.165) is 87.0 Å². The van der Waals surface area contributed by atoms with Gasteiger partial charge in [-0.15, -0.1) is 0 Å². The average Bonchev–Trinajstić information content (AvgIpc) is 3.79. The van der Waals surface area contributed by atoms with Gasteiger partial charge in [0, 0.05) is 43.7 Å². The molecule has 2 fully saturated rings. The van der Waals surface area contributed by atoms with Gasteiger partial charge in [-0.25, -0.2) is 14.6 Å². The molecule has 0 bridgehead atoms. The minimum Gasteiger partial charge on any atom is -0.457 e. The zero-order valence-corrected chi connectivity index (χ0v) is 34.2. The van der Waals surface area contributed by atoms with Gasteiger partial charge < -0.3 is 20.7 Å². The van der Waals surface area contributed by atoms with Gasteiger partial charge in [0.2, 0.25) is 17.7 Å². The molecule has 3 aliphatic heterocycles. The van der Waals surface area contributed by atoms with E-state index in [1.54, 1.807) is 18.2 Å². The summed E-state index contributed by atoms with van der Waals surface area (Å²) >= 11 is 0. The monoisotopic (exact) mass is 825 g/mol. The van der Waals surface area contributed by atoms with Gasteiger partial charge in [-0.05, 0) is 80.6 Å². The van der Waals surface area contributed by atoms with E-state index >= 15 is 0 Å². The highest BCUT2D eigenvalue weighted by atomic mass is 16.5. The number of para-hydroxylation sites is 1. The van der Waals surface area contributed by atoms with Crippen LogP contribution in [0, 0.1) is 0 Å². The number of nitrogens with one attached hydrogen (secondary N) is 2. The van der Waals surface area contributed by atoms with Crippen molar-refractivity contribution in [1.29, 1.82) is 0 Å². The van der Waals surface area contributed by atoms with Crippen LogP contribution in [0.15, 0.2) is 79.1 Å². The van der Waals surface area contributed by atoms with E-state index in [1.807, 2.05) is 64.2 Å². The largest absolute Gasteiger partial charge is 0.457 e. The van der Waals surface area contributed by atoms with Crippen molar-refractivity contribution in [3.05, 3.63) is 90.3 Å². The van der Waals surface area contributed by atoms with E-state index < -0.39 is 29.7 Å². The van der Waals surface area contributed by atoms with Crippen molar-refractivity contribution in [3.8, 4) is 22.8 Å². The predicted molar refractivity (Wildman–Crippen MR) is 230 cm³/mol. The zero-order valence-electron chi connectivity index (χ0n) is 34.2. The fourth-order valence-corrected chi connectivity index (χ4v) is 8.64. The maximum absolute atomic E-state index is 13.4. The molecule has 316 valence electrons. The van der Waals surface area contributed by atoms with Crippen molar-refractivity contribution in [2.75, 3.05) is 30.7 Å². The molecule has 2 saturated heterocycles. The molecular weight excluding hydrogens is 775 g/mol. The standard InChI is InChI=1S/C46H51N9O6/c47-42-40-41(30-20-22-33(23-21-30)61-32-15-8-7-9-16-32)52-55(43(40)50-29-49-42)31-14-13-27-53(28-31)38(57)19-10-5-3-1-2-4-6-11-26-48-35-18-12-17-34-39(35)46(60)54(45(34)59)36-24-25-37(56)51-44(36)58/h7-9,12,15-18,20-23,29,31,36,48H,1-6,10-11,13-14,19,24-28H2,(H2,47,49,50)(H,51,56,58). The van der Waals surface area contributed by atoms with Crippen LogP contribution >= 0.6 is 0 Å². The van der Waals surface area contributed by atoms with E-state index in [-0.39, 0.29) is 35.9 Å². The van der Waals surface area contributed by atoms with Gasteiger partial charge in [-0.2, -0.15) is 5.10 Å². The fourth-order valence-electron chi connectivity index (χ4n) is 8.64. The van der Waals surface area contributed by atoms with Gasteiger partial charge in [0.05, 0.1) is 22.6 Å². The maximum Gasteiger partial charge on any atom is 0.264 e. The summed E-state index contributed by atoms with van der Waals surface area (Å²) in [7, 11) is 0. The maximum atomic E-state index is 13.4. The second kappa shape index (κ2) is 18.7. The number of ether oxygens (including phenoxy) is 1. The molecule has 0 aliphatic carbocycles. The molecule has 0 spiro atoms. The lowest BCUT2D eigenvalue weighted by molar-refractivity contribution is -0.136. The van der Waals surface area contributed by atoms with Crippen LogP contribution in [0.1, 0.15) is 110 Å². The number of likely N-dealkylation sites (tertiary alicyclic amines) is 1. The topological polar surface area (TPSA) is 195 Å². The number of rotatable bonds is 17. The number of fused-ring (bicyclic) bond motifs is 2. The number of amides is 5. The molecule has 15 heteroatoms. The van der Waals surface area contributed by atoms with Crippen molar-refractivity contribution < 1.29 is 28.7 Å². The summed E-state index contributed by atoms with van der Waals surface area (Å²) in [4.78, 5) is 75.7. The summed E-state index contributed by atoms with van der Waals surface area (Å²) < 4.78 is 7.92. The van der Waals surface area contributed by atoms with Gasteiger partial charge >= 0.3 is 0 Å². The van der Waals surface area contributed by atoms with Crippen molar-refractivity contribution in [2.45, 2.75) is 95.6 Å². The first kappa shape index (κ1) is 41.1. The van der Waals surface area contributed by atoms with E-state index in [4.69, 9.17) is 15.6 Å². The fraction of sp³-hybridized carbons (Fsp3) is 0.391. The molecule has 61 heavy (non-hydrogen) atoms. The quantitative estimate of drug-likeness (QED) is 0.0642. The Morgan fingerprint density at radius 1 is 0.820 bits per heavy atom. The van der Waals surface area contributed by atoms with Gasteiger partial charge in [0.15, 0.2) is 5.65 Å². The molecule has 15 nitrogen and oxygen atoms in total. The third kappa shape index (κ3) is 9.10. The van der Waals surface area contributed by atoms with Crippen LogP contribution in [-0.4, -0.2) is 84.8 Å². The average molecular weight is 826 g/mol. The number of nitrogen functional groups attached to an aromatic ring is 1. The van der Waals surface area contributed by atoms with Crippen LogP contribution in [0.4, 0.5) is 11.5 Å². The number of hydrogen-bond acceptors (Lipinski definition) is 11. The SMILES string of the molecule is Nc1ncnc2c1c(-c1ccc(Oc3ccccc3)cc1)nn2C1CCCN(C(=O)CCCCCCCCCCNc2cccc3c2C(=O)N(C2CCC(=O)NC2=O)C3=O)C1. The van der Waals surface area contributed by atoms with Gasteiger partial charge in [-0.1, -0.05) is 62.8 Å². The molecule has 3 aromatic carbocycles. The van der Waals surface area contributed by atoms with E-state index in [2.05, 4.69) is 20.6 Å². The number of hydrogen-bond donors (Lipinski definition) is 3. The number of anilines is 2. The molecule has 3 aliphatic rings. The molecule has 8 rings (SSSR count). The third-order valence-corrected chi connectivity index (χ3v) is 11.8. The lowest BCUT2D eigenvalue weighted by atomic mass is 10.0. The smallest absolute Gasteiger partial charge is 0.264 e. The number of piperidine rings is 2. The predicted octanol–water partition coefficient (Wildman–Crippen LogP) is 7.06. The van der Waals surface area contributed by atoms with Crippen molar-refractivity contribution in [3.63, 3.8) is 0 Å². The minimum atomic E-state index is -0.986. The summed E-state index contributed by atoms with van der Waals surface area (Å²) in [5.74, 6) is -0.0201. The molecule has 4 N–H and O–H groups in total. The molecule has 2 unspecified atom stereocenters. The minimum absolute atomic E-state index is 0.0327. The molecule has 5 aromatic rings. The molecule has 5 heterocycles. The third-order valence-electron chi connectivity index (χ3n) is 11.8. The normalized spacial score (nSPS) is 17.8. The van der Waals surface area contributed by atoms with Crippen LogP contribution in [0.3, 0.4) is 0 Å². The Bertz CT molecular complexity index is 2420. The van der Waals surface area contributed by atoms with Crippen LogP contribution < -0.4 is 21.1 Å².